The lowest BCUT2D eigenvalue weighted by atomic mass is 10.5. The number of nitrogens with one attached hydrogen (secondary N) is 1. The van der Waals surface area contributed by atoms with Gasteiger partial charge in [0.15, 0.2) is 5.69 Å². The predicted molar refractivity (Wildman–Crippen MR) is 62.1 cm³/mol. The average Bonchev–Trinajstić information content (AvgIpc) is 2.98. The molecule has 0 aliphatic rings. The molecule has 0 bridgehead atoms. The summed E-state index contributed by atoms with van der Waals surface area (Å²) in [4.78, 5) is 14.5. The fourth-order valence-corrected chi connectivity index (χ4v) is 1.45. The van der Waals surface area contributed by atoms with Gasteiger partial charge in [0.05, 0.1) is 19.1 Å². The molecule has 2 aromatic heterocycles. The van der Waals surface area contributed by atoms with Crippen molar-refractivity contribution < 1.29 is 9.90 Å². The van der Waals surface area contributed by atoms with Crippen LogP contribution in [0.5, 0.6) is 0 Å². The molecule has 0 spiro atoms. The van der Waals surface area contributed by atoms with Crippen LogP contribution in [0.15, 0.2) is 24.9 Å². The number of carboxylic acids is 1. The van der Waals surface area contributed by atoms with Crippen LogP contribution in [0.25, 0.3) is 0 Å². The van der Waals surface area contributed by atoms with E-state index in [0.29, 0.717) is 13.1 Å². The van der Waals surface area contributed by atoms with Crippen LogP contribution in [0.3, 0.4) is 0 Å². The molecule has 0 atom stereocenters. The van der Waals surface area contributed by atoms with Crippen molar-refractivity contribution in [2.75, 3.05) is 13.1 Å². The SMILES string of the molecule is O=C(O)c1cn(CCNCCn2ccnc2)nn1. The van der Waals surface area contributed by atoms with Gasteiger partial charge < -0.3 is 15.0 Å². The van der Waals surface area contributed by atoms with Crippen molar-refractivity contribution in [2.45, 2.75) is 13.1 Å². The van der Waals surface area contributed by atoms with E-state index in [1.54, 1.807) is 12.5 Å². The van der Waals surface area contributed by atoms with Gasteiger partial charge in [-0.05, 0) is 0 Å². The van der Waals surface area contributed by atoms with Gasteiger partial charge in [0.25, 0.3) is 0 Å². The van der Waals surface area contributed by atoms with Crippen molar-refractivity contribution in [3.63, 3.8) is 0 Å². The van der Waals surface area contributed by atoms with Gasteiger partial charge in [0, 0.05) is 32.0 Å². The van der Waals surface area contributed by atoms with Crippen LogP contribution in [0.1, 0.15) is 10.5 Å². The molecule has 0 amide bonds. The van der Waals surface area contributed by atoms with E-state index in [-0.39, 0.29) is 5.69 Å². The summed E-state index contributed by atoms with van der Waals surface area (Å²) in [5, 5.41) is 19.1. The number of carboxylic acid groups (broad SMARTS) is 1. The molecule has 2 rings (SSSR count). The Morgan fingerprint density at radius 3 is 2.89 bits per heavy atom. The molecule has 0 unspecified atom stereocenters. The molecular formula is C10H14N6O2. The second-order valence-electron chi connectivity index (χ2n) is 3.72. The molecule has 0 aliphatic heterocycles. The fourth-order valence-electron chi connectivity index (χ4n) is 1.45. The zero-order chi connectivity index (χ0) is 12.8. The lowest BCUT2D eigenvalue weighted by Crippen LogP contribution is -2.24. The third-order valence-electron chi connectivity index (χ3n) is 2.38. The van der Waals surface area contributed by atoms with Crippen LogP contribution in [-0.4, -0.2) is 48.7 Å². The number of carbonyl (C=O) groups is 1. The van der Waals surface area contributed by atoms with Crippen molar-refractivity contribution >= 4 is 5.97 Å². The molecule has 2 N–H and O–H groups in total. The van der Waals surface area contributed by atoms with Crippen molar-refractivity contribution in [3.05, 3.63) is 30.6 Å². The van der Waals surface area contributed by atoms with Gasteiger partial charge >= 0.3 is 5.97 Å². The maximum atomic E-state index is 10.6. The third kappa shape index (κ3) is 3.39. The largest absolute Gasteiger partial charge is 0.476 e. The van der Waals surface area contributed by atoms with E-state index in [4.69, 9.17) is 5.11 Å². The van der Waals surface area contributed by atoms with Crippen LogP contribution in [-0.2, 0) is 13.1 Å². The molecule has 2 heterocycles. The number of hydrogen-bond donors (Lipinski definition) is 2. The van der Waals surface area contributed by atoms with Crippen molar-refractivity contribution in [3.8, 4) is 0 Å². The summed E-state index contributed by atoms with van der Waals surface area (Å²) >= 11 is 0. The first-order chi connectivity index (χ1) is 8.75. The summed E-state index contributed by atoms with van der Waals surface area (Å²) in [5.74, 6) is -1.06. The van der Waals surface area contributed by atoms with E-state index >= 15 is 0 Å². The topological polar surface area (TPSA) is 97.9 Å². The highest BCUT2D eigenvalue weighted by atomic mass is 16.4. The summed E-state index contributed by atoms with van der Waals surface area (Å²) < 4.78 is 3.48. The Balaban J connectivity index is 1.64. The summed E-state index contributed by atoms with van der Waals surface area (Å²) in [7, 11) is 0. The summed E-state index contributed by atoms with van der Waals surface area (Å²) in [5.41, 5.74) is -0.0339. The Labute approximate surface area is 103 Å². The normalized spacial score (nSPS) is 10.7. The third-order valence-corrected chi connectivity index (χ3v) is 2.38. The smallest absolute Gasteiger partial charge is 0.358 e. The Bertz CT molecular complexity index is 492. The van der Waals surface area contributed by atoms with Crippen LogP contribution in [0, 0.1) is 0 Å². The molecule has 0 radical (unpaired) electrons. The standard InChI is InChI=1S/C10H14N6O2/c17-10(18)9-7-16(14-13-9)6-3-11-1-4-15-5-2-12-8-15/h2,5,7-8,11H,1,3-4,6H2,(H,17,18). The summed E-state index contributed by atoms with van der Waals surface area (Å²) in [6.45, 7) is 2.95. The molecule has 2 aromatic rings. The first-order valence-corrected chi connectivity index (χ1v) is 5.55. The number of nitrogens with zero attached hydrogens (tertiary/aromatic N) is 5. The van der Waals surface area contributed by atoms with Crippen LogP contribution < -0.4 is 5.32 Å². The minimum absolute atomic E-state index is 0.0339. The van der Waals surface area contributed by atoms with Gasteiger partial charge in [-0.1, -0.05) is 5.21 Å². The second-order valence-corrected chi connectivity index (χ2v) is 3.72. The Kier molecular flexibility index (Phi) is 4.02. The highest BCUT2D eigenvalue weighted by Gasteiger charge is 2.07. The highest BCUT2D eigenvalue weighted by molar-refractivity contribution is 5.84. The van der Waals surface area contributed by atoms with E-state index in [1.807, 2.05) is 10.8 Å². The number of rotatable bonds is 7. The van der Waals surface area contributed by atoms with Crippen molar-refractivity contribution in [2.24, 2.45) is 0 Å². The first kappa shape index (κ1) is 12.2. The summed E-state index contributed by atoms with van der Waals surface area (Å²) in [6, 6.07) is 0. The molecule has 0 aliphatic carbocycles. The fraction of sp³-hybridized carbons (Fsp3) is 0.400. The number of hydrogen-bond acceptors (Lipinski definition) is 5. The minimum atomic E-state index is -1.06. The van der Waals surface area contributed by atoms with Crippen LogP contribution in [0.4, 0.5) is 0 Å². The van der Waals surface area contributed by atoms with E-state index in [9.17, 15) is 4.79 Å². The molecule has 18 heavy (non-hydrogen) atoms. The van der Waals surface area contributed by atoms with Crippen LogP contribution in [0.2, 0.25) is 0 Å². The van der Waals surface area contributed by atoms with Gasteiger partial charge in [0.1, 0.15) is 0 Å². The zero-order valence-electron chi connectivity index (χ0n) is 9.73. The molecule has 0 saturated carbocycles. The van der Waals surface area contributed by atoms with Gasteiger partial charge in [-0.2, -0.15) is 0 Å². The quantitative estimate of drug-likeness (QED) is 0.641. The van der Waals surface area contributed by atoms with E-state index in [1.165, 1.54) is 10.9 Å². The number of aromatic nitrogens is 5. The van der Waals surface area contributed by atoms with Crippen LogP contribution >= 0.6 is 0 Å². The second kappa shape index (κ2) is 5.92. The summed E-state index contributed by atoms with van der Waals surface area (Å²) in [6.07, 6.45) is 6.82. The molecule has 8 heteroatoms. The van der Waals surface area contributed by atoms with Crippen molar-refractivity contribution in [1.29, 1.82) is 0 Å². The lowest BCUT2D eigenvalue weighted by molar-refractivity contribution is 0.0690. The first-order valence-electron chi connectivity index (χ1n) is 5.55. The van der Waals surface area contributed by atoms with Gasteiger partial charge in [-0.3, -0.25) is 4.68 Å². The maximum absolute atomic E-state index is 10.6. The Hall–Kier alpha value is -2.22. The van der Waals surface area contributed by atoms with Gasteiger partial charge in [-0.15, -0.1) is 5.10 Å². The van der Waals surface area contributed by atoms with E-state index < -0.39 is 5.97 Å². The monoisotopic (exact) mass is 250 g/mol. The van der Waals surface area contributed by atoms with Gasteiger partial charge in [-0.25, -0.2) is 9.78 Å². The Morgan fingerprint density at radius 2 is 2.22 bits per heavy atom. The Morgan fingerprint density at radius 1 is 1.39 bits per heavy atom. The van der Waals surface area contributed by atoms with E-state index in [0.717, 1.165) is 13.1 Å². The highest BCUT2D eigenvalue weighted by Crippen LogP contribution is 1.91. The molecular weight excluding hydrogens is 236 g/mol. The number of aromatic carboxylic acids is 1. The zero-order valence-corrected chi connectivity index (χ0v) is 9.73. The predicted octanol–water partition coefficient (Wildman–Crippen LogP) is -0.537. The molecule has 8 nitrogen and oxygen atoms in total. The van der Waals surface area contributed by atoms with Crippen molar-refractivity contribution in [1.82, 2.24) is 29.9 Å². The molecule has 96 valence electrons. The number of imidazole rings is 1. The van der Waals surface area contributed by atoms with E-state index in [2.05, 4.69) is 20.6 Å². The average molecular weight is 250 g/mol. The maximum Gasteiger partial charge on any atom is 0.358 e. The minimum Gasteiger partial charge on any atom is -0.476 e. The van der Waals surface area contributed by atoms with Gasteiger partial charge in [0.2, 0.25) is 0 Å². The molecule has 0 aromatic carbocycles. The molecule has 0 saturated heterocycles. The lowest BCUT2D eigenvalue weighted by Gasteiger charge is -2.04. The molecule has 0 fully saturated rings.